The second-order valence-corrected chi connectivity index (χ2v) is 7.09. The first-order valence-corrected chi connectivity index (χ1v) is 10.0. The van der Waals surface area contributed by atoms with Gasteiger partial charge in [0.05, 0.1) is 13.1 Å². The fraction of sp³-hybridized carbons (Fsp3) is 0.318. The predicted octanol–water partition coefficient (Wildman–Crippen LogP) is 3.08. The molecule has 8 nitrogen and oxygen atoms in total. The van der Waals surface area contributed by atoms with Gasteiger partial charge in [-0.15, -0.1) is 24.0 Å². The van der Waals surface area contributed by atoms with Crippen LogP contribution in [0.15, 0.2) is 66.0 Å². The van der Waals surface area contributed by atoms with Crippen molar-refractivity contribution in [3.8, 4) is 0 Å². The van der Waals surface area contributed by atoms with Gasteiger partial charge in [0, 0.05) is 50.6 Å². The minimum absolute atomic E-state index is 0. The van der Waals surface area contributed by atoms with Gasteiger partial charge in [0.25, 0.3) is 0 Å². The molecule has 0 bridgehead atoms. The number of anilines is 1. The number of nitrogens with zero attached hydrogens (tertiary/aromatic N) is 5. The molecular weight excluding hydrogens is 505 g/mol. The van der Waals surface area contributed by atoms with Gasteiger partial charge in [-0.2, -0.15) is 5.10 Å². The summed E-state index contributed by atoms with van der Waals surface area (Å²) < 4.78 is 3.70. The minimum Gasteiger partial charge on any atom is -0.357 e. The number of hydrogen-bond acceptors (Lipinski definition) is 3. The Morgan fingerprint density at radius 3 is 2.71 bits per heavy atom. The Hall–Kier alpha value is -2.82. The maximum absolute atomic E-state index is 12.2. The summed E-state index contributed by atoms with van der Waals surface area (Å²) in [6.07, 6.45) is 5.46. The minimum atomic E-state index is -0.116. The number of hydrogen-bond donors (Lipinski definition) is 2. The molecule has 1 amide bonds. The first kappa shape index (κ1) is 24.4. The van der Waals surface area contributed by atoms with Crippen LogP contribution in [0.1, 0.15) is 18.2 Å². The second kappa shape index (κ2) is 12.1. The van der Waals surface area contributed by atoms with Crippen molar-refractivity contribution in [3.05, 3.63) is 72.3 Å². The second-order valence-electron chi connectivity index (χ2n) is 7.09. The van der Waals surface area contributed by atoms with E-state index < -0.39 is 0 Å². The number of benzene rings is 1. The van der Waals surface area contributed by atoms with E-state index in [1.807, 2.05) is 50.6 Å². The zero-order chi connectivity index (χ0) is 21.3. The van der Waals surface area contributed by atoms with E-state index in [-0.39, 0.29) is 36.4 Å². The molecule has 0 aliphatic carbocycles. The monoisotopic (exact) mass is 535 g/mol. The Morgan fingerprint density at radius 2 is 2.03 bits per heavy atom. The summed E-state index contributed by atoms with van der Waals surface area (Å²) in [6, 6.07) is 13.7. The lowest BCUT2D eigenvalue weighted by molar-refractivity contribution is -0.116. The van der Waals surface area contributed by atoms with Crippen molar-refractivity contribution >= 4 is 41.5 Å². The highest BCUT2D eigenvalue weighted by atomic mass is 127. The number of amides is 1. The lowest BCUT2D eigenvalue weighted by Gasteiger charge is -2.22. The van der Waals surface area contributed by atoms with E-state index in [0.717, 1.165) is 30.3 Å². The molecule has 0 saturated heterocycles. The maximum Gasteiger partial charge on any atom is 0.246 e. The number of carbonyl (C=O) groups excluding carboxylic acids is 1. The molecule has 0 aliphatic rings. The third-order valence-electron chi connectivity index (χ3n) is 4.63. The van der Waals surface area contributed by atoms with Gasteiger partial charge in [-0.1, -0.05) is 12.1 Å². The first-order valence-electron chi connectivity index (χ1n) is 10.0. The molecule has 0 unspecified atom stereocenters. The van der Waals surface area contributed by atoms with Gasteiger partial charge in [0.15, 0.2) is 5.96 Å². The van der Waals surface area contributed by atoms with Crippen LogP contribution in [0.5, 0.6) is 0 Å². The third kappa shape index (κ3) is 7.42. The van der Waals surface area contributed by atoms with E-state index in [1.54, 1.807) is 23.1 Å². The standard InChI is InChI=1S/C22H29N7O.HI/c1-4-23-22(28(3)16-20-10-6-12-27(20)2)24-15-18-8-5-9-19(14-18)26-21(30)17-29-13-7-11-25-29;/h5-14H,4,15-17H2,1-3H3,(H,23,24)(H,26,30);1H. The van der Waals surface area contributed by atoms with Gasteiger partial charge in [-0.25, -0.2) is 4.99 Å². The molecular formula is C22H30IN7O. The highest BCUT2D eigenvalue weighted by Crippen LogP contribution is 2.12. The molecule has 0 atom stereocenters. The van der Waals surface area contributed by atoms with Gasteiger partial charge in [0.1, 0.15) is 6.54 Å². The van der Waals surface area contributed by atoms with Crippen molar-refractivity contribution in [1.82, 2.24) is 24.6 Å². The summed E-state index contributed by atoms with van der Waals surface area (Å²) in [4.78, 5) is 19.1. The molecule has 2 aromatic heterocycles. The Bertz CT molecular complexity index is 981. The van der Waals surface area contributed by atoms with E-state index in [9.17, 15) is 4.79 Å². The van der Waals surface area contributed by atoms with Crippen molar-refractivity contribution < 1.29 is 4.79 Å². The van der Waals surface area contributed by atoms with E-state index in [4.69, 9.17) is 4.99 Å². The largest absolute Gasteiger partial charge is 0.357 e. The number of aliphatic imine (C=N–C) groups is 1. The number of guanidine groups is 1. The number of halogens is 1. The quantitative estimate of drug-likeness (QED) is 0.264. The molecule has 2 N–H and O–H groups in total. The predicted molar refractivity (Wildman–Crippen MR) is 134 cm³/mol. The van der Waals surface area contributed by atoms with Gasteiger partial charge in [-0.05, 0) is 42.8 Å². The summed E-state index contributed by atoms with van der Waals surface area (Å²) in [5.41, 5.74) is 2.99. The summed E-state index contributed by atoms with van der Waals surface area (Å²) >= 11 is 0. The van der Waals surface area contributed by atoms with Crippen molar-refractivity contribution in [2.45, 2.75) is 26.6 Å². The van der Waals surface area contributed by atoms with Crippen molar-refractivity contribution in [3.63, 3.8) is 0 Å². The van der Waals surface area contributed by atoms with Crippen LogP contribution in [0, 0.1) is 0 Å². The molecule has 9 heteroatoms. The van der Waals surface area contributed by atoms with Crippen LogP contribution in [0.25, 0.3) is 0 Å². The number of aromatic nitrogens is 3. The maximum atomic E-state index is 12.2. The first-order chi connectivity index (χ1) is 14.5. The molecule has 3 rings (SSSR count). The van der Waals surface area contributed by atoms with Crippen LogP contribution >= 0.6 is 24.0 Å². The summed E-state index contributed by atoms with van der Waals surface area (Å²) in [7, 11) is 4.07. The summed E-state index contributed by atoms with van der Waals surface area (Å²) in [6.45, 7) is 4.31. The van der Waals surface area contributed by atoms with Crippen molar-refractivity contribution in [1.29, 1.82) is 0 Å². The molecule has 0 aliphatic heterocycles. The van der Waals surface area contributed by atoms with Crippen LogP contribution in [0.2, 0.25) is 0 Å². The lowest BCUT2D eigenvalue weighted by atomic mass is 10.2. The smallest absolute Gasteiger partial charge is 0.246 e. The number of aryl methyl sites for hydroxylation is 1. The lowest BCUT2D eigenvalue weighted by Crippen LogP contribution is -2.38. The highest BCUT2D eigenvalue weighted by molar-refractivity contribution is 14.0. The van der Waals surface area contributed by atoms with Crippen molar-refractivity contribution in [2.75, 3.05) is 18.9 Å². The molecule has 0 spiro atoms. The van der Waals surface area contributed by atoms with Gasteiger partial charge >= 0.3 is 0 Å². The molecule has 31 heavy (non-hydrogen) atoms. The zero-order valence-corrected chi connectivity index (χ0v) is 20.5. The van der Waals surface area contributed by atoms with Gasteiger partial charge in [0.2, 0.25) is 5.91 Å². The van der Waals surface area contributed by atoms with Crippen LogP contribution in [-0.4, -0.2) is 44.7 Å². The van der Waals surface area contributed by atoms with Crippen LogP contribution in [0.3, 0.4) is 0 Å². The molecule has 3 aromatic rings. The Kier molecular flexibility index (Phi) is 9.57. The number of rotatable bonds is 8. The SMILES string of the molecule is CCNC(=NCc1cccc(NC(=O)Cn2cccn2)c1)N(C)Cc1cccn1C.I. The van der Waals surface area contributed by atoms with Crippen LogP contribution in [-0.2, 0) is 31.5 Å². The molecule has 166 valence electrons. The fourth-order valence-electron chi connectivity index (χ4n) is 3.10. The average Bonchev–Trinajstić information content (AvgIpc) is 3.37. The summed E-state index contributed by atoms with van der Waals surface area (Å²) in [5.74, 6) is 0.724. The van der Waals surface area contributed by atoms with E-state index in [1.165, 1.54) is 5.69 Å². The number of nitrogens with one attached hydrogen (secondary N) is 2. The van der Waals surface area contributed by atoms with Crippen molar-refractivity contribution in [2.24, 2.45) is 12.0 Å². The topological polar surface area (TPSA) is 79.5 Å². The normalized spacial score (nSPS) is 11.0. The van der Waals surface area contributed by atoms with Crippen LogP contribution < -0.4 is 10.6 Å². The Morgan fingerprint density at radius 1 is 1.19 bits per heavy atom. The van der Waals surface area contributed by atoms with Crippen LogP contribution in [0.4, 0.5) is 5.69 Å². The van der Waals surface area contributed by atoms with Gasteiger partial charge in [-0.3, -0.25) is 9.48 Å². The fourth-order valence-corrected chi connectivity index (χ4v) is 3.10. The van der Waals surface area contributed by atoms with E-state index >= 15 is 0 Å². The zero-order valence-electron chi connectivity index (χ0n) is 18.2. The Labute approximate surface area is 200 Å². The third-order valence-corrected chi connectivity index (χ3v) is 4.63. The molecule has 0 saturated carbocycles. The molecule has 1 aromatic carbocycles. The van der Waals surface area contributed by atoms with E-state index in [0.29, 0.717) is 6.54 Å². The average molecular weight is 535 g/mol. The molecule has 0 fully saturated rings. The van der Waals surface area contributed by atoms with Gasteiger partial charge < -0.3 is 20.1 Å². The highest BCUT2D eigenvalue weighted by Gasteiger charge is 2.09. The molecule has 2 heterocycles. The molecule has 0 radical (unpaired) electrons. The Balaban J connectivity index is 0.00000341. The van der Waals surface area contributed by atoms with E-state index in [2.05, 4.69) is 38.2 Å². The number of carbonyl (C=O) groups is 1. The summed E-state index contributed by atoms with van der Waals surface area (Å²) in [5, 5.41) is 10.3.